The molecule has 0 bridgehead atoms. The SMILES string of the molecule is C=CS(=O)(=O)NCC1CC(OC)C1. The summed E-state index contributed by atoms with van der Waals surface area (Å²) in [4.78, 5) is 0. The van der Waals surface area contributed by atoms with Crippen LogP contribution in [0.25, 0.3) is 0 Å². The quantitative estimate of drug-likeness (QED) is 0.710. The molecular formula is C8H15NO3S. The summed E-state index contributed by atoms with van der Waals surface area (Å²) >= 11 is 0. The van der Waals surface area contributed by atoms with Crippen molar-refractivity contribution in [3.05, 3.63) is 12.0 Å². The second-order valence-corrected chi connectivity index (χ2v) is 4.97. The fraction of sp³-hybridized carbons (Fsp3) is 0.750. The molecule has 0 aromatic rings. The van der Waals surface area contributed by atoms with Gasteiger partial charge in [-0.25, -0.2) is 13.1 Å². The largest absolute Gasteiger partial charge is 0.381 e. The second kappa shape index (κ2) is 4.21. The van der Waals surface area contributed by atoms with E-state index in [0.29, 0.717) is 18.6 Å². The third-order valence-electron chi connectivity index (χ3n) is 2.32. The molecule has 1 fully saturated rings. The molecule has 1 N–H and O–H groups in total. The molecule has 1 saturated carbocycles. The van der Waals surface area contributed by atoms with Gasteiger partial charge in [-0.1, -0.05) is 6.58 Å². The van der Waals surface area contributed by atoms with Crippen LogP contribution in [-0.2, 0) is 14.8 Å². The Labute approximate surface area is 79.0 Å². The van der Waals surface area contributed by atoms with Crippen molar-refractivity contribution in [2.45, 2.75) is 18.9 Å². The summed E-state index contributed by atoms with van der Waals surface area (Å²) < 4.78 is 29.4. The van der Waals surface area contributed by atoms with Crippen LogP contribution in [0.5, 0.6) is 0 Å². The minimum Gasteiger partial charge on any atom is -0.381 e. The summed E-state index contributed by atoms with van der Waals surface area (Å²) in [6.45, 7) is 3.70. The Hall–Kier alpha value is -0.390. The zero-order valence-electron chi connectivity index (χ0n) is 7.69. The number of hydrogen-bond donors (Lipinski definition) is 1. The van der Waals surface area contributed by atoms with Crippen molar-refractivity contribution in [1.29, 1.82) is 0 Å². The van der Waals surface area contributed by atoms with Gasteiger partial charge in [0.2, 0.25) is 10.0 Å². The first kappa shape index (κ1) is 10.7. The average Bonchev–Trinajstić information content (AvgIpc) is 2.02. The maximum Gasteiger partial charge on any atom is 0.233 e. The Balaban J connectivity index is 2.19. The Kier molecular flexibility index (Phi) is 3.47. The molecule has 0 aromatic heterocycles. The third kappa shape index (κ3) is 3.10. The van der Waals surface area contributed by atoms with E-state index in [1.165, 1.54) is 0 Å². The molecule has 0 unspecified atom stereocenters. The van der Waals surface area contributed by atoms with E-state index >= 15 is 0 Å². The molecule has 13 heavy (non-hydrogen) atoms. The molecule has 0 spiro atoms. The fourth-order valence-corrected chi connectivity index (χ4v) is 1.91. The van der Waals surface area contributed by atoms with E-state index in [0.717, 1.165) is 18.2 Å². The first-order chi connectivity index (χ1) is 6.07. The lowest BCUT2D eigenvalue weighted by Crippen LogP contribution is -2.38. The van der Waals surface area contributed by atoms with Gasteiger partial charge in [-0.15, -0.1) is 0 Å². The highest BCUT2D eigenvalue weighted by molar-refractivity contribution is 7.92. The van der Waals surface area contributed by atoms with E-state index in [9.17, 15) is 8.42 Å². The Bertz CT molecular complexity index is 267. The highest BCUT2D eigenvalue weighted by atomic mass is 32.2. The summed E-state index contributed by atoms with van der Waals surface area (Å²) in [7, 11) is -1.57. The second-order valence-electron chi connectivity index (χ2n) is 3.26. The smallest absolute Gasteiger partial charge is 0.233 e. The lowest BCUT2D eigenvalue weighted by atomic mass is 9.82. The fourth-order valence-electron chi connectivity index (χ4n) is 1.33. The van der Waals surface area contributed by atoms with Crippen LogP contribution in [0.4, 0.5) is 0 Å². The molecule has 0 aliphatic heterocycles. The van der Waals surface area contributed by atoms with Crippen molar-refractivity contribution >= 4 is 10.0 Å². The van der Waals surface area contributed by atoms with Crippen molar-refractivity contribution in [1.82, 2.24) is 4.72 Å². The molecule has 0 saturated heterocycles. The van der Waals surface area contributed by atoms with Crippen LogP contribution in [0.1, 0.15) is 12.8 Å². The van der Waals surface area contributed by atoms with Gasteiger partial charge in [0.25, 0.3) is 0 Å². The summed E-state index contributed by atoms with van der Waals surface area (Å²) in [5.41, 5.74) is 0. The van der Waals surface area contributed by atoms with Crippen molar-refractivity contribution < 1.29 is 13.2 Å². The predicted molar refractivity (Wildman–Crippen MR) is 50.6 cm³/mol. The van der Waals surface area contributed by atoms with Gasteiger partial charge >= 0.3 is 0 Å². The van der Waals surface area contributed by atoms with Crippen LogP contribution in [-0.4, -0.2) is 28.2 Å². The number of ether oxygens (including phenoxy) is 1. The minimum absolute atomic E-state index is 0.318. The van der Waals surface area contributed by atoms with Crippen LogP contribution in [0, 0.1) is 5.92 Å². The van der Waals surface area contributed by atoms with E-state index in [1.807, 2.05) is 0 Å². The Morgan fingerprint density at radius 2 is 2.23 bits per heavy atom. The van der Waals surface area contributed by atoms with Crippen molar-refractivity contribution in [2.24, 2.45) is 5.92 Å². The van der Waals surface area contributed by atoms with Crippen LogP contribution < -0.4 is 4.72 Å². The van der Waals surface area contributed by atoms with Crippen LogP contribution >= 0.6 is 0 Å². The van der Waals surface area contributed by atoms with Gasteiger partial charge in [0, 0.05) is 19.1 Å². The Morgan fingerprint density at radius 1 is 1.62 bits per heavy atom. The molecule has 1 rings (SSSR count). The third-order valence-corrected chi connectivity index (χ3v) is 3.33. The zero-order valence-corrected chi connectivity index (χ0v) is 8.51. The minimum atomic E-state index is -3.24. The summed E-state index contributed by atoms with van der Waals surface area (Å²) in [6.07, 6.45) is 2.20. The maximum atomic E-state index is 10.9. The summed E-state index contributed by atoms with van der Waals surface area (Å²) in [5.74, 6) is 0.416. The maximum absolute atomic E-state index is 10.9. The molecule has 5 heteroatoms. The molecular weight excluding hydrogens is 190 g/mol. The van der Waals surface area contributed by atoms with Gasteiger partial charge in [0.15, 0.2) is 0 Å². The molecule has 1 aliphatic carbocycles. The molecule has 0 heterocycles. The number of nitrogens with one attached hydrogen (secondary N) is 1. The monoisotopic (exact) mass is 205 g/mol. The van der Waals surface area contributed by atoms with E-state index in [1.54, 1.807) is 7.11 Å². The lowest BCUT2D eigenvalue weighted by Gasteiger charge is -2.33. The first-order valence-electron chi connectivity index (χ1n) is 4.22. The zero-order chi connectivity index (χ0) is 9.90. The van der Waals surface area contributed by atoms with Gasteiger partial charge in [0.1, 0.15) is 0 Å². The van der Waals surface area contributed by atoms with Gasteiger partial charge in [-0.05, 0) is 18.8 Å². The van der Waals surface area contributed by atoms with E-state index in [2.05, 4.69) is 11.3 Å². The molecule has 0 atom stereocenters. The molecule has 0 amide bonds. The van der Waals surface area contributed by atoms with E-state index in [-0.39, 0.29) is 0 Å². The molecule has 4 nitrogen and oxygen atoms in total. The van der Waals surface area contributed by atoms with Gasteiger partial charge < -0.3 is 4.74 Å². The van der Waals surface area contributed by atoms with Gasteiger partial charge in [0.05, 0.1) is 6.10 Å². The van der Waals surface area contributed by atoms with Crippen LogP contribution in [0.2, 0.25) is 0 Å². The number of hydrogen-bond acceptors (Lipinski definition) is 3. The van der Waals surface area contributed by atoms with Gasteiger partial charge in [-0.3, -0.25) is 0 Å². The number of methoxy groups -OCH3 is 1. The lowest BCUT2D eigenvalue weighted by molar-refractivity contribution is 0.00322. The normalized spacial score (nSPS) is 28.1. The van der Waals surface area contributed by atoms with Crippen molar-refractivity contribution in [3.8, 4) is 0 Å². The van der Waals surface area contributed by atoms with Crippen LogP contribution in [0.3, 0.4) is 0 Å². The van der Waals surface area contributed by atoms with E-state index < -0.39 is 10.0 Å². The highest BCUT2D eigenvalue weighted by Gasteiger charge is 2.29. The molecule has 0 aromatic carbocycles. The summed E-state index contributed by atoms with van der Waals surface area (Å²) in [5, 5.41) is 0.930. The topological polar surface area (TPSA) is 55.4 Å². The predicted octanol–water partition coefficient (Wildman–Crippen LogP) is 0.474. The van der Waals surface area contributed by atoms with Crippen molar-refractivity contribution in [3.63, 3.8) is 0 Å². The Morgan fingerprint density at radius 3 is 2.69 bits per heavy atom. The number of rotatable bonds is 5. The number of sulfonamides is 1. The molecule has 1 aliphatic rings. The van der Waals surface area contributed by atoms with Gasteiger partial charge in [-0.2, -0.15) is 0 Å². The van der Waals surface area contributed by atoms with Crippen LogP contribution in [0.15, 0.2) is 12.0 Å². The highest BCUT2D eigenvalue weighted by Crippen LogP contribution is 2.28. The standard InChI is InChI=1S/C8H15NO3S/c1-3-13(10,11)9-6-7-4-8(5-7)12-2/h3,7-9H,1,4-6H2,2H3. The molecule has 76 valence electrons. The van der Waals surface area contributed by atoms with E-state index in [4.69, 9.17) is 4.74 Å². The summed E-state index contributed by atoms with van der Waals surface area (Å²) in [6, 6.07) is 0. The van der Waals surface area contributed by atoms with Crippen molar-refractivity contribution in [2.75, 3.05) is 13.7 Å². The molecule has 0 radical (unpaired) electrons. The average molecular weight is 205 g/mol. The first-order valence-corrected chi connectivity index (χ1v) is 5.77.